The number of nitrogens with zero attached hydrogens (tertiary/aromatic N) is 1. The van der Waals surface area contributed by atoms with E-state index in [1.165, 1.54) is 16.7 Å². The van der Waals surface area contributed by atoms with Crippen molar-refractivity contribution in [2.45, 2.75) is 12.8 Å². The van der Waals surface area contributed by atoms with Crippen LogP contribution in [0.3, 0.4) is 0 Å². The summed E-state index contributed by atoms with van der Waals surface area (Å²) in [5.41, 5.74) is 7.06. The van der Waals surface area contributed by atoms with E-state index in [2.05, 4.69) is 10.9 Å². The van der Waals surface area contributed by atoms with Crippen LogP contribution in [0, 0.1) is 0 Å². The molecule has 1 saturated heterocycles. The molecule has 2 aromatic rings. The molecular weight excluding hydrogens is 414 g/mol. The summed E-state index contributed by atoms with van der Waals surface area (Å²) in [6.07, 6.45) is 2.53. The molecule has 0 aliphatic carbocycles. The average molecular weight is 432 g/mol. The van der Waals surface area contributed by atoms with Crippen molar-refractivity contribution in [2.75, 3.05) is 12.0 Å². The Morgan fingerprint density at radius 3 is 2.61 bits per heavy atom. The van der Waals surface area contributed by atoms with Crippen molar-refractivity contribution in [2.24, 2.45) is 0 Å². The van der Waals surface area contributed by atoms with Gasteiger partial charge in [-0.05, 0) is 36.3 Å². The fourth-order valence-electron chi connectivity index (χ4n) is 2.55. The van der Waals surface area contributed by atoms with E-state index >= 15 is 0 Å². The number of hydrogen-bond donors (Lipinski definition) is 2. The summed E-state index contributed by atoms with van der Waals surface area (Å²) in [6.45, 7) is 0.392. The molecule has 0 unspecified atom stereocenters. The third kappa shape index (κ3) is 5.34. The Morgan fingerprint density at radius 2 is 1.86 bits per heavy atom. The SMILES string of the molecule is O=C(CCCN1C(=O)/C(=C\c2ccccc2Cl)SC1=S)NNc1ccccc1. The molecular formula is C20H18ClN3O2S2. The van der Waals surface area contributed by atoms with Crippen molar-refractivity contribution in [1.82, 2.24) is 10.3 Å². The molecule has 28 heavy (non-hydrogen) atoms. The van der Waals surface area contributed by atoms with Crippen LogP contribution in [-0.4, -0.2) is 27.6 Å². The maximum Gasteiger partial charge on any atom is 0.266 e. The van der Waals surface area contributed by atoms with Gasteiger partial charge in [0.05, 0.1) is 10.6 Å². The number of halogens is 1. The van der Waals surface area contributed by atoms with Gasteiger partial charge in [-0.3, -0.25) is 25.3 Å². The average Bonchev–Trinajstić information content (AvgIpc) is 2.96. The Kier molecular flexibility index (Phi) is 7.08. The second kappa shape index (κ2) is 9.73. The first-order valence-corrected chi connectivity index (χ1v) is 10.2. The van der Waals surface area contributed by atoms with Crippen molar-refractivity contribution >= 4 is 63.5 Å². The summed E-state index contributed by atoms with van der Waals surface area (Å²) in [5, 5.41) is 0.579. The van der Waals surface area contributed by atoms with Crippen molar-refractivity contribution in [3.63, 3.8) is 0 Å². The molecule has 1 aliphatic rings. The number of para-hydroxylation sites is 1. The van der Waals surface area contributed by atoms with Gasteiger partial charge < -0.3 is 0 Å². The number of carbonyl (C=O) groups is 2. The van der Waals surface area contributed by atoms with Gasteiger partial charge in [-0.2, -0.15) is 0 Å². The third-order valence-corrected chi connectivity index (χ3v) is 5.69. The fourth-order valence-corrected chi connectivity index (χ4v) is 4.04. The number of hydrogen-bond acceptors (Lipinski definition) is 5. The van der Waals surface area contributed by atoms with Crippen LogP contribution in [0.4, 0.5) is 5.69 Å². The highest BCUT2D eigenvalue weighted by atomic mass is 35.5. The molecule has 5 nitrogen and oxygen atoms in total. The van der Waals surface area contributed by atoms with Crippen molar-refractivity contribution in [3.8, 4) is 0 Å². The standard InChI is InChI=1S/C20H18ClN3O2S2/c21-16-10-5-4-7-14(16)13-17-19(26)24(20(27)28-17)12-6-11-18(25)23-22-15-8-2-1-3-9-15/h1-5,7-10,13,22H,6,11-12H2,(H,23,25)/b17-13+. The van der Waals surface area contributed by atoms with Crippen LogP contribution in [0.2, 0.25) is 5.02 Å². The smallest absolute Gasteiger partial charge is 0.266 e. The molecule has 1 heterocycles. The number of thiocarbonyl (C=S) groups is 1. The second-order valence-electron chi connectivity index (χ2n) is 6.00. The predicted octanol–water partition coefficient (Wildman–Crippen LogP) is 4.46. The predicted molar refractivity (Wildman–Crippen MR) is 119 cm³/mol. The Balaban J connectivity index is 1.49. The van der Waals surface area contributed by atoms with Gasteiger partial charge in [-0.1, -0.05) is 72.0 Å². The Labute approximate surface area is 178 Å². The minimum atomic E-state index is -0.155. The van der Waals surface area contributed by atoms with Gasteiger partial charge in [0.2, 0.25) is 5.91 Å². The van der Waals surface area contributed by atoms with E-state index in [4.69, 9.17) is 23.8 Å². The summed E-state index contributed by atoms with van der Waals surface area (Å²) < 4.78 is 0.492. The minimum absolute atomic E-state index is 0.152. The molecule has 0 bridgehead atoms. The molecule has 0 radical (unpaired) electrons. The molecule has 2 aromatic carbocycles. The summed E-state index contributed by atoms with van der Waals surface area (Å²) in [6, 6.07) is 16.7. The lowest BCUT2D eigenvalue weighted by atomic mass is 10.2. The normalized spacial score (nSPS) is 15.2. The molecule has 0 spiro atoms. The zero-order valence-corrected chi connectivity index (χ0v) is 17.2. The number of thioether (sulfide) groups is 1. The highest BCUT2D eigenvalue weighted by Crippen LogP contribution is 2.33. The highest BCUT2D eigenvalue weighted by molar-refractivity contribution is 8.26. The van der Waals surface area contributed by atoms with Gasteiger partial charge in [-0.15, -0.1) is 0 Å². The van der Waals surface area contributed by atoms with E-state index in [1.807, 2.05) is 48.5 Å². The lowest BCUT2D eigenvalue weighted by molar-refractivity contribution is -0.123. The van der Waals surface area contributed by atoms with Gasteiger partial charge >= 0.3 is 0 Å². The molecule has 144 valence electrons. The van der Waals surface area contributed by atoms with Gasteiger partial charge in [-0.25, -0.2) is 0 Å². The van der Waals surface area contributed by atoms with Gasteiger partial charge in [0.25, 0.3) is 5.91 Å². The summed E-state index contributed by atoms with van der Waals surface area (Å²) in [7, 11) is 0. The van der Waals surface area contributed by atoms with E-state index in [0.29, 0.717) is 27.2 Å². The monoisotopic (exact) mass is 431 g/mol. The number of rotatable bonds is 7. The Morgan fingerprint density at radius 1 is 1.14 bits per heavy atom. The van der Waals surface area contributed by atoms with E-state index in [1.54, 1.807) is 12.1 Å². The van der Waals surface area contributed by atoms with E-state index in [0.717, 1.165) is 11.3 Å². The van der Waals surface area contributed by atoms with Crippen LogP contribution in [-0.2, 0) is 9.59 Å². The number of benzene rings is 2. The maximum atomic E-state index is 12.6. The first kappa shape index (κ1) is 20.4. The lowest BCUT2D eigenvalue weighted by Gasteiger charge is -2.14. The summed E-state index contributed by atoms with van der Waals surface area (Å²) in [4.78, 5) is 26.6. The summed E-state index contributed by atoms with van der Waals surface area (Å²) >= 11 is 12.7. The first-order valence-electron chi connectivity index (χ1n) is 8.64. The minimum Gasteiger partial charge on any atom is -0.299 e. The van der Waals surface area contributed by atoms with Crippen LogP contribution in [0.25, 0.3) is 6.08 Å². The lowest BCUT2D eigenvalue weighted by Crippen LogP contribution is -2.32. The zero-order valence-electron chi connectivity index (χ0n) is 14.9. The number of carbonyl (C=O) groups excluding carboxylic acids is 2. The van der Waals surface area contributed by atoms with Gasteiger partial charge in [0, 0.05) is 18.0 Å². The highest BCUT2D eigenvalue weighted by Gasteiger charge is 2.31. The largest absolute Gasteiger partial charge is 0.299 e. The zero-order chi connectivity index (χ0) is 19.9. The van der Waals surface area contributed by atoms with Crippen molar-refractivity contribution in [1.29, 1.82) is 0 Å². The van der Waals surface area contributed by atoms with Crippen LogP contribution in [0.5, 0.6) is 0 Å². The van der Waals surface area contributed by atoms with Crippen LogP contribution in [0.15, 0.2) is 59.5 Å². The Bertz CT molecular complexity index is 919. The number of anilines is 1. The van der Waals surface area contributed by atoms with Crippen LogP contribution in [0.1, 0.15) is 18.4 Å². The molecule has 0 saturated carbocycles. The molecule has 1 fully saturated rings. The fraction of sp³-hybridized carbons (Fsp3) is 0.150. The maximum absolute atomic E-state index is 12.6. The molecule has 1 aliphatic heterocycles. The quantitative estimate of drug-likeness (QED) is 0.385. The molecule has 2 amide bonds. The first-order chi connectivity index (χ1) is 13.5. The third-order valence-electron chi connectivity index (χ3n) is 3.97. The van der Waals surface area contributed by atoms with Crippen molar-refractivity contribution < 1.29 is 9.59 Å². The van der Waals surface area contributed by atoms with Crippen LogP contribution >= 0.6 is 35.6 Å². The van der Waals surface area contributed by atoms with E-state index in [9.17, 15) is 9.59 Å². The van der Waals surface area contributed by atoms with Crippen molar-refractivity contribution in [3.05, 3.63) is 70.1 Å². The molecule has 8 heteroatoms. The Hall–Kier alpha value is -2.35. The number of hydrazine groups is 1. The van der Waals surface area contributed by atoms with E-state index in [-0.39, 0.29) is 18.2 Å². The topological polar surface area (TPSA) is 61.4 Å². The molecule has 0 aromatic heterocycles. The van der Waals surface area contributed by atoms with Gasteiger partial charge in [0.15, 0.2) is 0 Å². The van der Waals surface area contributed by atoms with E-state index < -0.39 is 0 Å². The summed E-state index contributed by atoms with van der Waals surface area (Å²) in [5.74, 6) is -0.307. The molecule has 3 rings (SSSR count). The van der Waals surface area contributed by atoms with Gasteiger partial charge in [0.1, 0.15) is 4.32 Å². The number of nitrogens with one attached hydrogen (secondary N) is 2. The molecule has 0 atom stereocenters. The number of amides is 2. The molecule has 2 N–H and O–H groups in total. The van der Waals surface area contributed by atoms with Crippen LogP contribution < -0.4 is 10.9 Å². The second-order valence-corrected chi connectivity index (χ2v) is 8.08.